The molecule has 1 amide bonds. The molecule has 2 N–H and O–H groups in total. The molecule has 1 rings (SSSR count). The van der Waals surface area contributed by atoms with Crippen LogP contribution in [0.25, 0.3) is 0 Å². The Hall–Kier alpha value is -1.55. The predicted molar refractivity (Wildman–Crippen MR) is 65.2 cm³/mol. The first kappa shape index (κ1) is 13.5. The number of halogens is 1. The molecule has 0 aliphatic rings. The van der Waals surface area contributed by atoms with Crippen molar-refractivity contribution in [2.24, 2.45) is 0 Å². The zero-order valence-corrected chi connectivity index (χ0v) is 10.0. The first-order chi connectivity index (χ1) is 8.13. The van der Waals surface area contributed by atoms with Crippen molar-refractivity contribution in [1.29, 1.82) is 0 Å². The number of alkyl halides is 1. The molecule has 4 nitrogen and oxygen atoms in total. The Morgan fingerprint density at radius 2 is 1.88 bits per heavy atom. The number of carbonyl (C=O) groups excluding carboxylic acids is 1. The van der Waals surface area contributed by atoms with Crippen molar-refractivity contribution in [2.75, 3.05) is 6.54 Å². The second-order valence-electron chi connectivity index (χ2n) is 3.58. The molecular weight excluding hydrogens is 242 g/mol. The molecule has 0 spiro atoms. The number of carboxylic acids is 1. The van der Waals surface area contributed by atoms with Crippen molar-refractivity contribution >= 4 is 23.5 Å². The van der Waals surface area contributed by atoms with E-state index in [1.807, 2.05) is 0 Å². The zero-order chi connectivity index (χ0) is 12.7. The Morgan fingerprint density at radius 1 is 1.24 bits per heavy atom. The van der Waals surface area contributed by atoms with Gasteiger partial charge in [0.15, 0.2) is 0 Å². The molecule has 0 radical (unpaired) electrons. The largest absolute Gasteiger partial charge is 0.481 e. The molecule has 5 heteroatoms. The van der Waals surface area contributed by atoms with Crippen LogP contribution in [-0.4, -0.2) is 23.5 Å². The fourth-order valence-electron chi connectivity index (χ4n) is 1.29. The van der Waals surface area contributed by atoms with Gasteiger partial charge in [0.2, 0.25) is 0 Å². The van der Waals surface area contributed by atoms with E-state index in [2.05, 4.69) is 5.32 Å². The second-order valence-corrected chi connectivity index (χ2v) is 3.85. The molecule has 1 aromatic carbocycles. The minimum atomic E-state index is -0.856. The van der Waals surface area contributed by atoms with E-state index in [9.17, 15) is 9.59 Å². The Kier molecular flexibility index (Phi) is 5.49. The quantitative estimate of drug-likeness (QED) is 0.604. The highest BCUT2D eigenvalue weighted by molar-refractivity contribution is 6.17. The van der Waals surface area contributed by atoms with Crippen LogP contribution in [0.4, 0.5) is 0 Å². The number of nitrogens with one attached hydrogen (secondary N) is 1. The summed E-state index contributed by atoms with van der Waals surface area (Å²) in [6, 6.07) is 6.98. The van der Waals surface area contributed by atoms with Gasteiger partial charge in [-0.1, -0.05) is 12.1 Å². The van der Waals surface area contributed by atoms with Gasteiger partial charge in [-0.15, -0.1) is 11.6 Å². The van der Waals surface area contributed by atoms with E-state index in [1.54, 1.807) is 24.3 Å². The van der Waals surface area contributed by atoms with Crippen LogP contribution in [-0.2, 0) is 10.7 Å². The third-order valence-corrected chi connectivity index (χ3v) is 2.53. The predicted octanol–water partition coefficient (Wildman–Crippen LogP) is 2.02. The lowest BCUT2D eigenvalue weighted by Crippen LogP contribution is -2.24. The van der Waals surface area contributed by atoms with E-state index < -0.39 is 5.97 Å². The third-order valence-electron chi connectivity index (χ3n) is 2.22. The molecule has 0 unspecified atom stereocenters. The summed E-state index contributed by atoms with van der Waals surface area (Å²) < 4.78 is 0. The van der Waals surface area contributed by atoms with Gasteiger partial charge < -0.3 is 10.4 Å². The van der Waals surface area contributed by atoms with Crippen LogP contribution in [0.3, 0.4) is 0 Å². The maximum Gasteiger partial charge on any atom is 0.303 e. The highest BCUT2D eigenvalue weighted by Crippen LogP contribution is 2.06. The SMILES string of the molecule is O=C(O)CCCNC(=O)c1ccc(CCl)cc1. The lowest BCUT2D eigenvalue weighted by atomic mass is 10.1. The summed E-state index contributed by atoms with van der Waals surface area (Å²) >= 11 is 5.63. The number of amides is 1. The molecule has 0 atom stereocenters. The van der Waals surface area contributed by atoms with Crippen LogP contribution in [0.5, 0.6) is 0 Å². The summed E-state index contributed by atoms with van der Waals surface area (Å²) in [5, 5.41) is 11.1. The van der Waals surface area contributed by atoms with E-state index in [-0.39, 0.29) is 12.3 Å². The second kappa shape index (κ2) is 6.91. The summed E-state index contributed by atoms with van der Waals surface area (Å²) in [7, 11) is 0. The summed E-state index contributed by atoms with van der Waals surface area (Å²) in [5.74, 6) is -0.636. The third kappa shape index (κ3) is 4.87. The normalized spacial score (nSPS) is 9.94. The number of aliphatic carboxylic acids is 1. The van der Waals surface area contributed by atoms with Gasteiger partial charge in [0.1, 0.15) is 0 Å². The molecular formula is C12H14ClNO3. The minimum absolute atomic E-state index is 0.0610. The molecule has 0 aliphatic carbocycles. The molecule has 92 valence electrons. The first-order valence-electron chi connectivity index (χ1n) is 5.28. The maximum absolute atomic E-state index is 11.6. The molecule has 17 heavy (non-hydrogen) atoms. The van der Waals surface area contributed by atoms with Gasteiger partial charge in [0, 0.05) is 24.4 Å². The van der Waals surface area contributed by atoms with Crippen LogP contribution in [0.1, 0.15) is 28.8 Å². The highest BCUT2D eigenvalue weighted by atomic mass is 35.5. The molecule has 0 aliphatic heterocycles. The molecule has 0 fully saturated rings. The lowest BCUT2D eigenvalue weighted by Gasteiger charge is -2.04. The van der Waals surface area contributed by atoms with Gasteiger partial charge in [0.25, 0.3) is 5.91 Å². The van der Waals surface area contributed by atoms with Crippen LogP contribution in [0.2, 0.25) is 0 Å². The standard InChI is InChI=1S/C12H14ClNO3/c13-8-9-3-5-10(6-4-9)12(17)14-7-1-2-11(15)16/h3-6H,1-2,7-8H2,(H,14,17)(H,15,16). The monoisotopic (exact) mass is 255 g/mol. The van der Waals surface area contributed by atoms with Crippen LogP contribution in [0, 0.1) is 0 Å². The minimum Gasteiger partial charge on any atom is -0.481 e. The Balaban J connectivity index is 2.38. The van der Waals surface area contributed by atoms with E-state index in [0.717, 1.165) is 5.56 Å². The lowest BCUT2D eigenvalue weighted by molar-refractivity contribution is -0.137. The maximum atomic E-state index is 11.6. The van der Waals surface area contributed by atoms with Gasteiger partial charge in [-0.25, -0.2) is 0 Å². The molecule has 1 aromatic rings. The van der Waals surface area contributed by atoms with Crippen LogP contribution < -0.4 is 5.32 Å². The fourth-order valence-corrected chi connectivity index (χ4v) is 1.47. The Morgan fingerprint density at radius 3 is 2.41 bits per heavy atom. The van der Waals surface area contributed by atoms with E-state index in [1.165, 1.54) is 0 Å². The average molecular weight is 256 g/mol. The van der Waals surface area contributed by atoms with Crippen LogP contribution in [0.15, 0.2) is 24.3 Å². The van der Waals surface area contributed by atoms with E-state index in [0.29, 0.717) is 24.4 Å². The number of carbonyl (C=O) groups is 2. The number of hydrogen-bond donors (Lipinski definition) is 2. The van der Waals surface area contributed by atoms with Crippen molar-refractivity contribution in [3.63, 3.8) is 0 Å². The van der Waals surface area contributed by atoms with Crippen molar-refractivity contribution in [3.05, 3.63) is 35.4 Å². The van der Waals surface area contributed by atoms with Gasteiger partial charge in [0.05, 0.1) is 0 Å². The van der Waals surface area contributed by atoms with Crippen molar-refractivity contribution in [2.45, 2.75) is 18.7 Å². The van der Waals surface area contributed by atoms with Gasteiger partial charge >= 0.3 is 5.97 Å². The Labute approximate surface area is 105 Å². The van der Waals surface area contributed by atoms with Gasteiger partial charge in [-0.05, 0) is 24.1 Å². The van der Waals surface area contributed by atoms with Gasteiger partial charge in [-0.3, -0.25) is 9.59 Å². The van der Waals surface area contributed by atoms with E-state index >= 15 is 0 Å². The van der Waals surface area contributed by atoms with E-state index in [4.69, 9.17) is 16.7 Å². The number of carboxylic acid groups (broad SMARTS) is 1. The smallest absolute Gasteiger partial charge is 0.303 e. The van der Waals surface area contributed by atoms with Gasteiger partial charge in [-0.2, -0.15) is 0 Å². The summed E-state index contributed by atoms with van der Waals surface area (Å²) in [5.41, 5.74) is 1.50. The highest BCUT2D eigenvalue weighted by Gasteiger charge is 2.04. The van der Waals surface area contributed by atoms with Crippen LogP contribution >= 0.6 is 11.6 Å². The average Bonchev–Trinajstić information content (AvgIpc) is 2.34. The van der Waals surface area contributed by atoms with Crippen molar-refractivity contribution in [1.82, 2.24) is 5.32 Å². The summed E-state index contributed by atoms with van der Waals surface area (Å²) in [4.78, 5) is 21.9. The topological polar surface area (TPSA) is 66.4 Å². The number of benzene rings is 1. The fraction of sp³-hybridized carbons (Fsp3) is 0.333. The molecule has 0 bridgehead atoms. The molecule has 0 saturated heterocycles. The van der Waals surface area contributed by atoms with Crippen molar-refractivity contribution < 1.29 is 14.7 Å². The zero-order valence-electron chi connectivity index (χ0n) is 9.28. The molecule has 0 aromatic heterocycles. The first-order valence-corrected chi connectivity index (χ1v) is 5.82. The summed E-state index contributed by atoms with van der Waals surface area (Å²) in [6.45, 7) is 0.363. The Bertz CT molecular complexity index is 389. The number of rotatable bonds is 6. The molecule has 0 saturated carbocycles. The number of hydrogen-bond acceptors (Lipinski definition) is 2. The molecule has 0 heterocycles. The summed E-state index contributed by atoms with van der Waals surface area (Å²) in [6.07, 6.45) is 0.492. The van der Waals surface area contributed by atoms with Crippen molar-refractivity contribution in [3.8, 4) is 0 Å².